The SMILES string of the molecule is Cc1ccccc1C[C@H]1CCCN1. The van der Waals surface area contributed by atoms with E-state index >= 15 is 0 Å². The Balaban J connectivity index is 2.04. The van der Waals surface area contributed by atoms with Gasteiger partial charge in [0.1, 0.15) is 0 Å². The Morgan fingerprint density at radius 2 is 2.23 bits per heavy atom. The highest BCUT2D eigenvalue weighted by Gasteiger charge is 2.14. The first-order valence-corrected chi connectivity index (χ1v) is 5.14. The summed E-state index contributed by atoms with van der Waals surface area (Å²) in [5.74, 6) is 0. The number of benzene rings is 1. The molecule has 0 bridgehead atoms. The maximum absolute atomic E-state index is 3.53. The van der Waals surface area contributed by atoms with Gasteiger partial charge in [-0.3, -0.25) is 0 Å². The first kappa shape index (κ1) is 8.76. The van der Waals surface area contributed by atoms with Gasteiger partial charge in [-0.1, -0.05) is 24.3 Å². The van der Waals surface area contributed by atoms with Crippen molar-refractivity contribution < 1.29 is 0 Å². The van der Waals surface area contributed by atoms with Crippen LogP contribution in [0, 0.1) is 6.92 Å². The van der Waals surface area contributed by atoms with Gasteiger partial charge in [0, 0.05) is 6.04 Å². The summed E-state index contributed by atoms with van der Waals surface area (Å²) < 4.78 is 0. The molecule has 1 N–H and O–H groups in total. The van der Waals surface area contributed by atoms with Gasteiger partial charge in [-0.25, -0.2) is 0 Å². The molecule has 1 aromatic rings. The van der Waals surface area contributed by atoms with Gasteiger partial charge < -0.3 is 5.32 Å². The van der Waals surface area contributed by atoms with E-state index in [1.807, 2.05) is 0 Å². The second-order valence-electron chi connectivity index (χ2n) is 3.92. The lowest BCUT2D eigenvalue weighted by Gasteiger charge is -2.11. The molecule has 1 fully saturated rings. The van der Waals surface area contributed by atoms with Crippen LogP contribution in [0.15, 0.2) is 24.3 Å². The van der Waals surface area contributed by atoms with Crippen molar-refractivity contribution in [1.29, 1.82) is 0 Å². The number of hydrogen-bond donors (Lipinski definition) is 1. The maximum Gasteiger partial charge on any atom is 0.0108 e. The number of aryl methyl sites for hydroxylation is 1. The molecule has 13 heavy (non-hydrogen) atoms. The predicted molar refractivity (Wildman–Crippen MR) is 55.9 cm³/mol. The molecular weight excluding hydrogens is 158 g/mol. The van der Waals surface area contributed by atoms with E-state index in [0.717, 1.165) is 6.04 Å². The van der Waals surface area contributed by atoms with Crippen LogP contribution >= 0.6 is 0 Å². The molecule has 2 rings (SSSR count). The molecule has 0 amide bonds. The Morgan fingerprint density at radius 3 is 2.92 bits per heavy atom. The first-order valence-electron chi connectivity index (χ1n) is 5.14. The molecule has 1 saturated heterocycles. The smallest absolute Gasteiger partial charge is 0.0108 e. The van der Waals surface area contributed by atoms with Gasteiger partial charge in [-0.05, 0) is 43.9 Å². The molecule has 0 unspecified atom stereocenters. The maximum atomic E-state index is 3.53. The topological polar surface area (TPSA) is 12.0 Å². The molecule has 0 radical (unpaired) electrons. The third-order valence-electron chi connectivity index (χ3n) is 2.89. The lowest BCUT2D eigenvalue weighted by atomic mass is 10.0. The van der Waals surface area contributed by atoms with E-state index < -0.39 is 0 Å². The van der Waals surface area contributed by atoms with E-state index in [1.54, 1.807) is 0 Å². The van der Waals surface area contributed by atoms with Crippen molar-refractivity contribution in [1.82, 2.24) is 5.32 Å². The van der Waals surface area contributed by atoms with Crippen molar-refractivity contribution in [3.63, 3.8) is 0 Å². The molecule has 1 aliphatic heterocycles. The summed E-state index contributed by atoms with van der Waals surface area (Å²) in [5.41, 5.74) is 2.93. The van der Waals surface area contributed by atoms with Crippen molar-refractivity contribution in [3.05, 3.63) is 35.4 Å². The quantitative estimate of drug-likeness (QED) is 0.727. The summed E-state index contributed by atoms with van der Waals surface area (Å²) in [6.07, 6.45) is 3.89. The van der Waals surface area contributed by atoms with Gasteiger partial charge in [-0.2, -0.15) is 0 Å². The molecule has 0 spiro atoms. The summed E-state index contributed by atoms with van der Waals surface area (Å²) >= 11 is 0. The van der Waals surface area contributed by atoms with Gasteiger partial charge in [0.05, 0.1) is 0 Å². The summed E-state index contributed by atoms with van der Waals surface area (Å²) in [6, 6.07) is 9.42. The van der Waals surface area contributed by atoms with Crippen LogP contribution in [0.3, 0.4) is 0 Å². The van der Waals surface area contributed by atoms with Crippen LogP contribution in [-0.4, -0.2) is 12.6 Å². The monoisotopic (exact) mass is 175 g/mol. The zero-order chi connectivity index (χ0) is 9.10. The van der Waals surface area contributed by atoms with Crippen molar-refractivity contribution in [3.8, 4) is 0 Å². The Bertz CT molecular complexity index is 274. The minimum Gasteiger partial charge on any atom is -0.314 e. The van der Waals surface area contributed by atoms with E-state index in [9.17, 15) is 0 Å². The fourth-order valence-corrected chi connectivity index (χ4v) is 2.04. The van der Waals surface area contributed by atoms with Gasteiger partial charge in [0.15, 0.2) is 0 Å². The van der Waals surface area contributed by atoms with Gasteiger partial charge >= 0.3 is 0 Å². The zero-order valence-electron chi connectivity index (χ0n) is 8.22. The Kier molecular flexibility index (Phi) is 2.65. The summed E-state index contributed by atoms with van der Waals surface area (Å²) in [5, 5.41) is 3.53. The highest BCUT2D eigenvalue weighted by atomic mass is 14.9. The standard InChI is InChI=1S/C12H17N/c1-10-5-2-3-6-11(10)9-12-7-4-8-13-12/h2-3,5-6,12-13H,4,7-9H2,1H3/t12-/m1/s1. The first-order chi connectivity index (χ1) is 6.36. The molecule has 1 aliphatic rings. The molecule has 1 heterocycles. The van der Waals surface area contributed by atoms with Crippen molar-refractivity contribution in [2.75, 3.05) is 6.54 Å². The molecule has 0 aromatic heterocycles. The zero-order valence-corrected chi connectivity index (χ0v) is 8.22. The van der Waals surface area contributed by atoms with Gasteiger partial charge in [-0.15, -0.1) is 0 Å². The molecule has 1 atom stereocenters. The Labute approximate surface area is 80.2 Å². The van der Waals surface area contributed by atoms with Crippen LogP contribution in [0.5, 0.6) is 0 Å². The van der Waals surface area contributed by atoms with Gasteiger partial charge in [0.25, 0.3) is 0 Å². The summed E-state index contributed by atoms with van der Waals surface area (Å²) in [6.45, 7) is 3.40. The van der Waals surface area contributed by atoms with E-state index in [2.05, 4.69) is 36.5 Å². The molecular formula is C12H17N. The van der Waals surface area contributed by atoms with Crippen LogP contribution in [0.1, 0.15) is 24.0 Å². The second kappa shape index (κ2) is 3.93. The lowest BCUT2D eigenvalue weighted by Crippen LogP contribution is -2.23. The van der Waals surface area contributed by atoms with Crippen LogP contribution in [-0.2, 0) is 6.42 Å². The summed E-state index contributed by atoms with van der Waals surface area (Å²) in [4.78, 5) is 0. The minimum atomic E-state index is 0.723. The third-order valence-corrected chi connectivity index (χ3v) is 2.89. The molecule has 0 saturated carbocycles. The average molecular weight is 175 g/mol. The minimum absolute atomic E-state index is 0.723. The third kappa shape index (κ3) is 2.10. The molecule has 1 nitrogen and oxygen atoms in total. The van der Waals surface area contributed by atoms with Crippen molar-refractivity contribution >= 4 is 0 Å². The predicted octanol–water partition coefficient (Wildman–Crippen LogP) is 2.29. The molecule has 1 aromatic carbocycles. The van der Waals surface area contributed by atoms with Crippen LogP contribution < -0.4 is 5.32 Å². The Hall–Kier alpha value is -0.820. The summed E-state index contributed by atoms with van der Waals surface area (Å²) in [7, 11) is 0. The number of nitrogens with one attached hydrogen (secondary N) is 1. The number of rotatable bonds is 2. The van der Waals surface area contributed by atoms with Crippen molar-refractivity contribution in [2.45, 2.75) is 32.2 Å². The second-order valence-corrected chi connectivity index (χ2v) is 3.92. The molecule has 70 valence electrons. The highest BCUT2D eigenvalue weighted by Crippen LogP contribution is 2.14. The normalized spacial score (nSPS) is 22.1. The molecule has 0 aliphatic carbocycles. The van der Waals surface area contributed by atoms with E-state index in [-0.39, 0.29) is 0 Å². The van der Waals surface area contributed by atoms with Crippen LogP contribution in [0.25, 0.3) is 0 Å². The van der Waals surface area contributed by atoms with E-state index in [0.29, 0.717) is 0 Å². The lowest BCUT2D eigenvalue weighted by molar-refractivity contribution is 0.601. The van der Waals surface area contributed by atoms with E-state index in [4.69, 9.17) is 0 Å². The number of hydrogen-bond acceptors (Lipinski definition) is 1. The van der Waals surface area contributed by atoms with Crippen LogP contribution in [0.2, 0.25) is 0 Å². The van der Waals surface area contributed by atoms with E-state index in [1.165, 1.54) is 36.9 Å². The van der Waals surface area contributed by atoms with Crippen molar-refractivity contribution in [2.24, 2.45) is 0 Å². The fourth-order valence-electron chi connectivity index (χ4n) is 2.04. The van der Waals surface area contributed by atoms with Gasteiger partial charge in [0.2, 0.25) is 0 Å². The highest BCUT2D eigenvalue weighted by molar-refractivity contribution is 5.26. The average Bonchev–Trinajstić information content (AvgIpc) is 2.61. The Morgan fingerprint density at radius 1 is 1.38 bits per heavy atom. The van der Waals surface area contributed by atoms with Crippen LogP contribution in [0.4, 0.5) is 0 Å². The fraction of sp³-hybridized carbons (Fsp3) is 0.500. The largest absolute Gasteiger partial charge is 0.314 e. The molecule has 1 heteroatoms.